The standard InChI is InChI=1S/C27H23N2S.C13H24O2.Ir/c1-27(2,3)24-14-21(13-18-7-5-6-8-22(18)24)25-15-19(9-11-29(25)4)23-17-28-16-20-10-12-30-26(20)23;1-5-10(6-2)12(14)9-13(15)11(7-3)8-4;/h5-12,14-17H,4H2,1-3H3;9-11,14H,5-8H2,1-4H3;/q-1;;/b;12-9-;. The quantitative estimate of drug-likeness (QED) is 0.0698. The molecule has 3 aromatic heterocycles. The minimum absolute atomic E-state index is 0. The van der Waals surface area contributed by atoms with Gasteiger partial charge in [0.2, 0.25) is 0 Å². The SMILES string of the molecule is CCC(CC)C(=O)/C=C(\O)C(CC)CC.[CH2-][n+]1ccc(-c2cncc3ccsc23)cc1-c1[c-]c2ccccc2c(C(C)(C)C)c1.[Ir]. The number of rotatable bonds is 9. The van der Waals surface area contributed by atoms with Gasteiger partial charge < -0.3 is 9.67 Å². The summed E-state index contributed by atoms with van der Waals surface area (Å²) in [5.41, 5.74) is 5.74. The van der Waals surface area contributed by atoms with Crippen molar-refractivity contribution in [3.63, 3.8) is 0 Å². The first kappa shape index (κ1) is 37.2. The number of benzene rings is 2. The number of aromatic nitrogens is 2. The maximum absolute atomic E-state index is 11.7. The molecule has 0 aliphatic rings. The van der Waals surface area contributed by atoms with Crippen LogP contribution in [-0.4, -0.2) is 15.9 Å². The summed E-state index contributed by atoms with van der Waals surface area (Å²) in [5, 5.41) is 15.4. The molecular formula is C40H47IrN2O2S-. The molecule has 0 spiro atoms. The van der Waals surface area contributed by atoms with Crippen LogP contribution in [0.5, 0.6) is 0 Å². The molecule has 1 radical (unpaired) electrons. The second kappa shape index (κ2) is 16.5. The molecule has 46 heavy (non-hydrogen) atoms. The topological polar surface area (TPSA) is 54.1 Å². The number of carbonyl (C=O) groups excluding carboxylic acids is 1. The van der Waals surface area contributed by atoms with Gasteiger partial charge >= 0.3 is 0 Å². The van der Waals surface area contributed by atoms with E-state index in [0.717, 1.165) is 53.5 Å². The summed E-state index contributed by atoms with van der Waals surface area (Å²) in [5.74, 6) is 0.547. The van der Waals surface area contributed by atoms with Crippen LogP contribution in [0.2, 0.25) is 0 Å². The fourth-order valence-corrected chi connectivity index (χ4v) is 6.70. The molecule has 0 atom stereocenters. The number of ketones is 1. The number of hydrogen-bond donors (Lipinski definition) is 1. The van der Waals surface area contributed by atoms with Gasteiger partial charge in [0.05, 0.1) is 12.0 Å². The molecule has 5 rings (SSSR count). The van der Waals surface area contributed by atoms with Gasteiger partial charge in [-0.15, -0.1) is 40.5 Å². The number of thiophene rings is 1. The molecule has 6 heteroatoms. The molecule has 3 heterocycles. The van der Waals surface area contributed by atoms with Crippen molar-refractivity contribution in [2.75, 3.05) is 0 Å². The summed E-state index contributed by atoms with van der Waals surface area (Å²) in [6.07, 6.45) is 10.8. The van der Waals surface area contributed by atoms with E-state index in [1.165, 1.54) is 27.1 Å². The van der Waals surface area contributed by atoms with Crippen LogP contribution in [0.3, 0.4) is 0 Å². The van der Waals surface area contributed by atoms with E-state index in [-0.39, 0.29) is 48.9 Å². The number of hydrogen-bond acceptors (Lipinski definition) is 4. The molecule has 245 valence electrons. The summed E-state index contributed by atoms with van der Waals surface area (Å²) >= 11 is 1.75. The van der Waals surface area contributed by atoms with E-state index in [2.05, 4.69) is 92.8 Å². The second-order valence-corrected chi connectivity index (χ2v) is 13.6. The van der Waals surface area contributed by atoms with Crippen molar-refractivity contribution in [3.8, 4) is 22.4 Å². The molecule has 0 amide bonds. The Morgan fingerprint density at radius 1 is 1.00 bits per heavy atom. The molecular weight excluding hydrogens is 765 g/mol. The van der Waals surface area contributed by atoms with Crippen molar-refractivity contribution in [3.05, 3.63) is 103 Å². The minimum Gasteiger partial charge on any atom is -0.512 e. The Hall–Kier alpha value is -3.31. The summed E-state index contributed by atoms with van der Waals surface area (Å²) in [4.78, 5) is 16.2. The third kappa shape index (κ3) is 8.53. The molecule has 5 aromatic rings. The van der Waals surface area contributed by atoms with E-state index in [1.54, 1.807) is 11.3 Å². The Morgan fingerprint density at radius 3 is 2.33 bits per heavy atom. The van der Waals surface area contributed by atoms with E-state index < -0.39 is 0 Å². The van der Waals surface area contributed by atoms with Crippen molar-refractivity contribution in [2.24, 2.45) is 11.8 Å². The van der Waals surface area contributed by atoms with Gasteiger partial charge in [-0.3, -0.25) is 9.78 Å². The smallest absolute Gasteiger partial charge is 0.162 e. The number of carbonyl (C=O) groups is 1. The van der Waals surface area contributed by atoms with Gasteiger partial charge in [0, 0.05) is 73.1 Å². The van der Waals surface area contributed by atoms with Crippen LogP contribution < -0.4 is 4.57 Å². The number of fused-ring (bicyclic) bond motifs is 2. The predicted octanol–water partition coefficient (Wildman–Crippen LogP) is 10.7. The van der Waals surface area contributed by atoms with Crippen molar-refractivity contribution in [1.82, 2.24) is 4.98 Å². The van der Waals surface area contributed by atoms with Crippen LogP contribution in [0.1, 0.15) is 79.7 Å². The molecule has 0 saturated carbocycles. The van der Waals surface area contributed by atoms with E-state index >= 15 is 0 Å². The van der Waals surface area contributed by atoms with Crippen LogP contribution in [0.4, 0.5) is 0 Å². The monoisotopic (exact) mass is 812 g/mol. The van der Waals surface area contributed by atoms with Crippen LogP contribution >= 0.6 is 11.3 Å². The molecule has 0 bridgehead atoms. The maximum atomic E-state index is 11.7. The Balaban J connectivity index is 0.000000309. The van der Waals surface area contributed by atoms with Gasteiger partial charge in [-0.2, -0.15) is 0 Å². The largest absolute Gasteiger partial charge is 0.512 e. The Labute approximate surface area is 293 Å². The van der Waals surface area contributed by atoms with Crippen LogP contribution in [0.25, 0.3) is 43.2 Å². The Bertz CT molecular complexity index is 1790. The van der Waals surface area contributed by atoms with Crippen molar-refractivity contribution >= 4 is 38.0 Å². The number of aliphatic hydroxyl groups excluding tert-OH is 1. The molecule has 2 aromatic carbocycles. The van der Waals surface area contributed by atoms with Crippen molar-refractivity contribution in [2.45, 2.75) is 79.6 Å². The normalized spacial score (nSPS) is 11.9. The van der Waals surface area contributed by atoms with Gasteiger partial charge in [-0.25, -0.2) is 0 Å². The fraction of sp³-hybridized carbons (Fsp3) is 0.350. The Kier molecular flexibility index (Phi) is 13.3. The second-order valence-electron chi connectivity index (χ2n) is 12.7. The van der Waals surface area contributed by atoms with Crippen LogP contribution in [0, 0.1) is 24.9 Å². The number of pyridine rings is 2. The summed E-state index contributed by atoms with van der Waals surface area (Å²) in [7, 11) is 4.24. The number of allylic oxidation sites excluding steroid dienone is 2. The first-order valence-corrected chi connectivity index (χ1v) is 17.0. The molecule has 0 aliphatic carbocycles. The molecule has 0 unspecified atom stereocenters. The van der Waals surface area contributed by atoms with Crippen LogP contribution in [0.15, 0.2) is 84.3 Å². The van der Waals surface area contributed by atoms with Gasteiger partial charge in [-0.05, 0) is 60.2 Å². The summed E-state index contributed by atoms with van der Waals surface area (Å²) < 4.78 is 3.19. The average Bonchev–Trinajstić information content (AvgIpc) is 3.51. The molecule has 4 nitrogen and oxygen atoms in total. The zero-order chi connectivity index (χ0) is 32.7. The zero-order valence-corrected chi connectivity index (χ0v) is 31.4. The van der Waals surface area contributed by atoms with Gasteiger partial charge in [0.15, 0.2) is 5.78 Å². The summed E-state index contributed by atoms with van der Waals surface area (Å²) in [6, 6.07) is 20.8. The van der Waals surface area contributed by atoms with Crippen molar-refractivity contribution < 1.29 is 34.6 Å². The van der Waals surface area contributed by atoms with Crippen LogP contribution in [-0.2, 0) is 30.3 Å². The van der Waals surface area contributed by atoms with E-state index in [9.17, 15) is 9.90 Å². The van der Waals surface area contributed by atoms with Crippen molar-refractivity contribution in [1.29, 1.82) is 0 Å². The van der Waals surface area contributed by atoms with Gasteiger partial charge in [-0.1, -0.05) is 77.6 Å². The predicted molar refractivity (Wildman–Crippen MR) is 190 cm³/mol. The third-order valence-electron chi connectivity index (χ3n) is 8.65. The number of aliphatic hydroxyl groups is 1. The van der Waals surface area contributed by atoms with E-state index in [4.69, 9.17) is 0 Å². The molecule has 0 fully saturated rings. The van der Waals surface area contributed by atoms with E-state index in [1.807, 2.05) is 50.9 Å². The number of nitrogens with zero attached hydrogens (tertiary/aromatic N) is 2. The first-order chi connectivity index (χ1) is 21.5. The minimum atomic E-state index is 0. The maximum Gasteiger partial charge on any atom is 0.162 e. The zero-order valence-electron chi connectivity index (χ0n) is 28.2. The van der Waals surface area contributed by atoms with Gasteiger partial charge in [0.1, 0.15) is 5.69 Å². The molecule has 0 saturated heterocycles. The average molecular weight is 812 g/mol. The molecule has 0 aliphatic heterocycles. The Morgan fingerprint density at radius 2 is 1.67 bits per heavy atom. The van der Waals surface area contributed by atoms with Gasteiger partial charge in [0.25, 0.3) is 0 Å². The summed E-state index contributed by atoms with van der Waals surface area (Å²) in [6.45, 7) is 14.9. The third-order valence-corrected chi connectivity index (χ3v) is 9.61. The fourth-order valence-electron chi connectivity index (χ4n) is 5.79. The molecule has 1 N–H and O–H groups in total. The first-order valence-electron chi connectivity index (χ1n) is 16.1. The van der Waals surface area contributed by atoms with E-state index in [0.29, 0.717) is 0 Å².